The highest BCUT2D eigenvalue weighted by Crippen LogP contribution is 2.26. The highest BCUT2D eigenvalue weighted by molar-refractivity contribution is 5.78. The SMILES string of the molecule is C.C=C=C(CC(CC)CO/C(=C/C)CCCCCCCC)OC1CCCCC1.CC.CCCCC(CC)CCC.CCCCCC/C=C/OCC(CC)CC(=O)O.CCCCCCCCC(=O)CC.CCCCCCCCC(=O)CC.CO. The normalized spacial score (nSPS) is 12.7. The van der Waals surface area contributed by atoms with Gasteiger partial charge in [0, 0.05) is 57.5 Å². The molecular formula is C75H150O8. The summed E-state index contributed by atoms with van der Waals surface area (Å²) < 4.78 is 17.7. The molecule has 0 saturated heterocycles. The number of hydrogen-bond acceptors (Lipinski definition) is 7. The van der Waals surface area contributed by atoms with E-state index in [9.17, 15) is 14.4 Å². The highest BCUT2D eigenvalue weighted by atomic mass is 16.5. The van der Waals surface area contributed by atoms with Crippen LogP contribution in [0.15, 0.2) is 42.2 Å². The van der Waals surface area contributed by atoms with E-state index in [0.29, 0.717) is 30.2 Å². The molecule has 0 heterocycles. The van der Waals surface area contributed by atoms with Crippen molar-refractivity contribution >= 4 is 17.5 Å². The molecule has 0 bridgehead atoms. The number of ketones is 2. The third-order valence-electron chi connectivity index (χ3n) is 15.1. The number of aliphatic hydroxyl groups excluding tert-OH is 1. The number of aliphatic hydroxyl groups is 1. The van der Waals surface area contributed by atoms with Gasteiger partial charge in [-0.25, -0.2) is 0 Å². The van der Waals surface area contributed by atoms with Crippen LogP contribution in [0.3, 0.4) is 0 Å². The molecule has 0 aliphatic heterocycles. The largest absolute Gasteiger partial charge is 0.501 e. The topological polar surface area (TPSA) is 119 Å². The van der Waals surface area contributed by atoms with Gasteiger partial charge in [0.15, 0.2) is 0 Å². The van der Waals surface area contributed by atoms with E-state index >= 15 is 0 Å². The average Bonchev–Trinajstić information content (AvgIpc) is 3.50. The maximum Gasteiger partial charge on any atom is 0.303 e. The highest BCUT2D eigenvalue weighted by Gasteiger charge is 2.19. The van der Waals surface area contributed by atoms with Gasteiger partial charge in [-0.15, -0.1) is 0 Å². The zero-order chi connectivity index (χ0) is 63.0. The van der Waals surface area contributed by atoms with Crippen LogP contribution in [0, 0.1) is 17.8 Å². The number of rotatable bonds is 48. The molecule has 1 fully saturated rings. The van der Waals surface area contributed by atoms with Gasteiger partial charge in [-0.1, -0.05) is 270 Å². The molecule has 0 aromatic heterocycles. The van der Waals surface area contributed by atoms with Crippen LogP contribution in [0.4, 0.5) is 0 Å². The number of carbonyl (C=O) groups is 3. The summed E-state index contributed by atoms with van der Waals surface area (Å²) in [6, 6.07) is 0. The smallest absolute Gasteiger partial charge is 0.303 e. The van der Waals surface area contributed by atoms with Crippen LogP contribution in [-0.2, 0) is 28.6 Å². The lowest BCUT2D eigenvalue weighted by atomic mass is 9.95. The number of aliphatic carboxylic acids is 1. The summed E-state index contributed by atoms with van der Waals surface area (Å²) in [6.07, 6.45) is 57.5. The van der Waals surface area contributed by atoms with Crippen molar-refractivity contribution in [3.63, 3.8) is 0 Å². The minimum absolute atomic E-state index is 0. The second kappa shape index (κ2) is 83.4. The van der Waals surface area contributed by atoms with E-state index in [1.54, 1.807) is 6.26 Å². The molecule has 1 saturated carbocycles. The van der Waals surface area contributed by atoms with Gasteiger partial charge in [0.05, 0.1) is 37.8 Å². The van der Waals surface area contributed by atoms with E-state index in [4.69, 9.17) is 24.4 Å². The third-order valence-corrected chi connectivity index (χ3v) is 15.1. The van der Waals surface area contributed by atoms with Crippen molar-refractivity contribution in [2.24, 2.45) is 17.8 Å². The maximum atomic E-state index is 10.9. The van der Waals surface area contributed by atoms with Crippen LogP contribution in [0.1, 0.15) is 380 Å². The Balaban J connectivity index is -0.000000180. The summed E-state index contributed by atoms with van der Waals surface area (Å²) >= 11 is 0. The lowest BCUT2D eigenvalue weighted by Gasteiger charge is -2.25. The van der Waals surface area contributed by atoms with Crippen LogP contribution in [0.25, 0.3) is 0 Å². The molecule has 1 aliphatic carbocycles. The Kier molecular flexibility index (Phi) is 94.3. The third kappa shape index (κ3) is 79.2. The van der Waals surface area contributed by atoms with Gasteiger partial charge in [-0.3, -0.25) is 14.4 Å². The minimum atomic E-state index is -0.746. The van der Waals surface area contributed by atoms with Crippen LogP contribution in [0.2, 0.25) is 0 Å². The molecule has 1 rings (SSSR count). The van der Waals surface area contributed by atoms with Crippen molar-refractivity contribution in [2.45, 2.75) is 387 Å². The van der Waals surface area contributed by atoms with Gasteiger partial charge in [-0.05, 0) is 95.6 Å². The van der Waals surface area contributed by atoms with Gasteiger partial charge < -0.3 is 24.4 Å². The van der Waals surface area contributed by atoms with E-state index < -0.39 is 5.97 Å². The van der Waals surface area contributed by atoms with Crippen molar-refractivity contribution < 1.29 is 38.8 Å². The number of carboxylic acids is 1. The predicted octanol–water partition coefficient (Wildman–Crippen LogP) is 24.8. The minimum Gasteiger partial charge on any atom is -0.501 e. The lowest BCUT2D eigenvalue weighted by Crippen LogP contribution is -2.18. The molecule has 1 aliphatic rings. The first kappa shape index (κ1) is 93.9. The molecular weight excluding hydrogens is 1030 g/mol. The van der Waals surface area contributed by atoms with Crippen molar-refractivity contribution in [1.82, 2.24) is 0 Å². The zero-order valence-electron chi connectivity index (χ0n) is 57.9. The second-order valence-electron chi connectivity index (χ2n) is 22.5. The Morgan fingerprint density at radius 1 is 0.530 bits per heavy atom. The van der Waals surface area contributed by atoms with Gasteiger partial charge in [-0.2, -0.15) is 0 Å². The molecule has 0 amide bonds. The van der Waals surface area contributed by atoms with Crippen LogP contribution < -0.4 is 0 Å². The van der Waals surface area contributed by atoms with Crippen LogP contribution in [0.5, 0.6) is 0 Å². The molecule has 0 radical (unpaired) electrons. The Morgan fingerprint density at radius 2 is 0.952 bits per heavy atom. The van der Waals surface area contributed by atoms with Crippen molar-refractivity contribution in [3.8, 4) is 0 Å². The fourth-order valence-corrected chi connectivity index (χ4v) is 9.33. The Labute approximate surface area is 520 Å². The predicted molar refractivity (Wildman–Crippen MR) is 368 cm³/mol. The molecule has 0 aromatic rings. The maximum absolute atomic E-state index is 10.9. The molecule has 0 spiro atoms. The fourth-order valence-electron chi connectivity index (χ4n) is 9.33. The van der Waals surface area contributed by atoms with Crippen LogP contribution >= 0.6 is 0 Å². The Hall–Kier alpha value is -2.83. The fraction of sp³-hybridized carbons (Fsp3) is 0.867. The summed E-state index contributed by atoms with van der Waals surface area (Å²) in [5.74, 6) is 3.80. The molecule has 3 atom stereocenters. The molecule has 8 nitrogen and oxygen atoms in total. The summed E-state index contributed by atoms with van der Waals surface area (Å²) in [7, 11) is 1.00. The summed E-state index contributed by atoms with van der Waals surface area (Å²) in [5.41, 5.74) is 3.05. The van der Waals surface area contributed by atoms with Gasteiger partial charge in [0.1, 0.15) is 17.3 Å². The number of carboxylic acid groups (broad SMARTS) is 1. The first-order valence-corrected chi connectivity index (χ1v) is 35.2. The zero-order valence-corrected chi connectivity index (χ0v) is 57.9. The molecule has 498 valence electrons. The molecule has 3 unspecified atom stereocenters. The number of hydrogen-bond donors (Lipinski definition) is 2. The Bertz CT molecular complexity index is 1330. The summed E-state index contributed by atoms with van der Waals surface area (Å²) in [5, 5.41) is 15.7. The summed E-state index contributed by atoms with van der Waals surface area (Å²) in [4.78, 5) is 32.3. The van der Waals surface area contributed by atoms with Crippen molar-refractivity contribution in [2.75, 3.05) is 20.3 Å². The molecule has 2 N–H and O–H groups in total. The first-order valence-electron chi connectivity index (χ1n) is 35.2. The van der Waals surface area contributed by atoms with Gasteiger partial charge >= 0.3 is 5.97 Å². The average molecular weight is 1180 g/mol. The molecule has 83 heavy (non-hydrogen) atoms. The number of Topliss-reactive ketones (excluding diaryl/α,β-unsaturated/α-hetero) is 2. The van der Waals surface area contributed by atoms with Crippen LogP contribution in [-0.4, -0.2) is 54.2 Å². The first-order chi connectivity index (χ1) is 39.9. The molecule has 8 heteroatoms. The van der Waals surface area contributed by atoms with Gasteiger partial charge in [0.25, 0.3) is 0 Å². The van der Waals surface area contributed by atoms with Gasteiger partial charge in [0.2, 0.25) is 0 Å². The Morgan fingerprint density at radius 3 is 1.35 bits per heavy atom. The quantitative estimate of drug-likeness (QED) is 0.0351. The van der Waals surface area contributed by atoms with E-state index in [2.05, 4.69) is 80.7 Å². The lowest BCUT2D eigenvalue weighted by molar-refractivity contribution is -0.138. The van der Waals surface area contributed by atoms with E-state index in [0.717, 1.165) is 102 Å². The van der Waals surface area contributed by atoms with Crippen molar-refractivity contribution in [3.05, 3.63) is 42.2 Å². The standard InChI is InChI=1S/C25H44O2.C14H26O3.2C11H22O.C10H22.C2H6.CH4O.CH4/c1-5-9-10-11-12-14-17-23(7-3)26-21-22(6-2)20-24(8-4)27-25-18-15-13-16-19-25;1-3-5-6-7-8-9-10-17-12-13(4-2)11-14(15)16;2*1-3-5-6-7-8-9-10-11(12)4-2;1-4-7-9-10(6-3)8-5-2;2*1-2;/h7,22,25H,4-6,9-21H2,1-3H3;9-10,13H,3-8,11-12H2,1-2H3,(H,15,16);2*3-10H2,1-2H3;10H,4-9H2,1-3H3;1-2H3;2H,1H3;1H4/b23-7+;10-9+;;;;;;. The van der Waals surface area contributed by atoms with E-state index in [1.165, 1.54) is 199 Å². The number of carbonyl (C=O) groups excluding carboxylic acids is 2. The number of unbranched alkanes of at least 4 members (excludes halogenated alkanes) is 20. The number of allylic oxidation sites excluding steroid dienone is 4. The second-order valence-corrected chi connectivity index (χ2v) is 22.5. The number of ether oxygens (including phenoxy) is 3. The van der Waals surface area contributed by atoms with E-state index in [1.807, 2.05) is 40.7 Å². The van der Waals surface area contributed by atoms with Crippen molar-refractivity contribution in [1.29, 1.82) is 0 Å². The van der Waals surface area contributed by atoms with E-state index in [-0.39, 0.29) is 19.8 Å². The molecule has 0 aromatic carbocycles. The monoisotopic (exact) mass is 1180 g/mol. The summed E-state index contributed by atoms with van der Waals surface area (Å²) in [6.45, 7) is 35.1.